The van der Waals surface area contributed by atoms with Gasteiger partial charge in [-0.2, -0.15) is 9.90 Å². The molecule has 0 atom stereocenters. The van der Waals surface area contributed by atoms with Crippen LogP contribution in [0.3, 0.4) is 0 Å². The number of pyridine rings is 1. The number of aromatic nitrogens is 4. The molecule has 164 valence electrons. The number of rotatable bonds is 6. The minimum atomic E-state index is -0.410. The average Bonchev–Trinajstić information content (AvgIpc) is 3.17. The molecule has 0 saturated carbocycles. The highest BCUT2D eigenvalue weighted by Gasteiger charge is 2.18. The predicted molar refractivity (Wildman–Crippen MR) is 115 cm³/mol. The number of amides is 1. The van der Waals surface area contributed by atoms with Crippen LogP contribution in [0.4, 0.5) is 21.7 Å². The van der Waals surface area contributed by atoms with Crippen LogP contribution in [0.1, 0.15) is 21.7 Å². The molecule has 4 aromatic rings. The number of H-pyrrole nitrogens is 1. The van der Waals surface area contributed by atoms with Gasteiger partial charge in [0.25, 0.3) is 5.91 Å². The van der Waals surface area contributed by atoms with Crippen molar-refractivity contribution in [1.29, 1.82) is 0 Å². The van der Waals surface area contributed by atoms with Gasteiger partial charge in [-0.3, -0.25) is 4.79 Å². The number of anilines is 3. The average molecular weight is 454 g/mol. The summed E-state index contributed by atoms with van der Waals surface area (Å²) in [6.45, 7) is 2.21. The van der Waals surface area contributed by atoms with E-state index in [0.717, 1.165) is 11.3 Å². The summed E-state index contributed by atoms with van der Waals surface area (Å²) in [5, 5.41) is 14.5. The molecule has 8 nitrogen and oxygen atoms in total. The molecular formula is C22H21ClFN7O. The Morgan fingerprint density at radius 1 is 1.06 bits per heavy atom. The maximum atomic E-state index is 13.0. The van der Waals surface area contributed by atoms with E-state index in [9.17, 15) is 9.18 Å². The quantitative estimate of drug-likeness (QED) is 0.380. The summed E-state index contributed by atoms with van der Waals surface area (Å²) in [5.41, 5.74) is 8.88. The van der Waals surface area contributed by atoms with Crippen molar-refractivity contribution in [3.8, 4) is 5.69 Å². The molecule has 2 aromatic carbocycles. The van der Waals surface area contributed by atoms with Crippen molar-refractivity contribution in [3.05, 3.63) is 89.5 Å². The fourth-order valence-corrected chi connectivity index (χ4v) is 2.97. The molecule has 0 aliphatic rings. The SMILES string of the molecule is Cc1nn(-c2ccccc2)nc1C(=O)Nc1ccc(NCc2ccc(F)cc2)[nH+]c1N.[Cl-]. The number of aromatic amines is 1. The first-order chi connectivity index (χ1) is 15.0. The van der Waals surface area contributed by atoms with Crippen LogP contribution in [0.15, 0.2) is 66.7 Å². The molecule has 0 saturated heterocycles. The van der Waals surface area contributed by atoms with Crippen LogP contribution in [0.5, 0.6) is 0 Å². The Balaban J connectivity index is 0.00000289. The van der Waals surface area contributed by atoms with E-state index in [1.807, 2.05) is 30.3 Å². The van der Waals surface area contributed by atoms with E-state index in [2.05, 4.69) is 25.8 Å². The molecule has 32 heavy (non-hydrogen) atoms. The van der Waals surface area contributed by atoms with Crippen LogP contribution in [0, 0.1) is 12.7 Å². The summed E-state index contributed by atoms with van der Waals surface area (Å²) in [4.78, 5) is 17.1. The number of nitrogen functional groups attached to an aromatic ring is 1. The Morgan fingerprint density at radius 2 is 1.78 bits per heavy atom. The van der Waals surface area contributed by atoms with E-state index in [1.54, 1.807) is 31.2 Å². The number of carbonyl (C=O) groups is 1. The summed E-state index contributed by atoms with van der Waals surface area (Å²) < 4.78 is 13.0. The maximum absolute atomic E-state index is 13.0. The molecule has 0 aliphatic heterocycles. The van der Waals surface area contributed by atoms with E-state index < -0.39 is 5.91 Å². The van der Waals surface area contributed by atoms with Crippen LogP contribution in [-0.2, 0) is 6.54 Å². The number of nitrogens with two attached hydrogens (primary N) is 1. The molecule has 2 heterocycles. The van der Waals surface area contributed by atoms with E-state index >= 15 is 0 Å². The Morgan fingerprint density at radius 3 is 2.47 bits per heavy atom. The third-order valence-corrected chi connectivity index (χ3v) is 4.60. The highest BCUT2D eigenvalue weighted by Crippen LogP contribution is 2.17. The van der Waals surface area contributed by atoms with Gasteiger partial charge in [0.1, 0.15) is 11.5 Å². The molecule has 4 rings (SSSR count). The third kappa shape index (κ3) is 5.19. The Hall–Kier alpha value is -3.98. The largest absolute Gasteiger partial charge is 1.00 e. The number of carbonyl (C=O) groups excluding carboxylic acids is 1. The zero-order valence-electron chi connectivity index (χ0n) is 17.1. The summed E-state index contributed by atoms with van der Waals surface area (Å²) in [6.07, 6.45) is 0. The molecular weight excluding hydrogens is 433 g/mol. The Labute approximate surface area is 190 Å². The van der Waals surface area contributed by atoms with Gasteiger partial charge in [0.05, 0.1) is 17.9 Å². The van der Waals surface area contributed by atoms with Crippen LogP contribution in [-0.4, -0.2) is 20.9 Å². The highest BCUT2D eigenvalue weighted by molar-refractivity contribution is 6.04. The highest BCUT2D eigenvalue weighted by atomic mass is 35.5. The molecule has 1 amide bonds. The lowest BCUT2D eigenvalue weighted by Crippen LogP contribution is -3.00. The number of halogens is 2. The van der Waals surface area contributed by atoms with Gasteiger partial charge in [0.2, 0.25) is 11.6 Å². The second-order valence-corrected chi connectivity index (χ2v) is 6.89. The minimum absolute atomic E-state index is 0. The first-order valence-electron chi connectivity index (χ1n) is 9.60. The fourth-order valence-electron chi connectivity index (χ4n) is 2.97. The van der Waals surface area contributed by atoms with Crippen LogP contribution in [0.2, 0.25) is 0 Å². The van der Waals surface area contributed by atoms with E-state index in [0.29, 0.717) is 23.7 Å². The number of para-hydroxylation sites is 1. The smallest absolute Gasteiger partial charge is 0.278 e. The zero-order valence-corrected chi connectivity index (χ0v) is 17.9. The van der Waals surface area contributed by atoms with Gasteiger partial charge >= 0.3 is 0 Å². The molecule has 2 aromatic heterocycles. The lowest BCUT2D eigenvalue weighted by atomic mass is 10.2. The molecule has 0 bridgehead atoms. The van der Waals surface area contributed by atoms with Gasteiger partial charge < -0.3 is 28.8 Å². The predicted octanol–water partition coefficient (Wildman–Crippen LogP) is -0.0205. The van der Waals surface area contributed by atoms with Gasteiger partial charge in [-0.05, 0) is 42.8 Å². The van der Waals surface area contributed by atoms with Gasteiger partial charge in [-0.1, -0.05) is 30.3 Å². The lowest BCUT2D eigenvalue weighted by Gasteiger charge is -2.07. The third-order valence-electron chi connectivity index (χ3n) is 4.60. The van der Waals surface area contributed by atoms with Crippen molar-refractivity contribution in [2.24, 2.45) is 0 Å². The first-order valence-corrected chi connectivity index (χ1v) is 9.60. The van der Waals surface area contributed by atoms with Gasteiger partial charge in [-0.15, -0.1) is 5.10 Å². The second-order valence-electron chi connectivity index (χ2n) is 6.89. The van der Waals surface area contributed by atoms with Gasteiger partial charge in [0, 0.05) is 6.07 Å². The lowest BCUT2D eigenvalue weighted by molar-refractivity contribution is -0.342. The van der Waals surface area contributed by atoms with E-state index in [-0.39, 0.29) is 29.7 Å². The minimum Gasteiger partial charge on any atom is -1.00 e. The van der Waals surface area contributed by atoms with Gasteiger partial charge in [-0.25, -0.2) is 9.37 Å². The zero-order chi connectivity index (χ0) is 21.8. The Kier molecular flexibility index (Phi) is 7.01. The number of hydrogen-bond acceptors (Lipinski definition) is 5. The number of benzene rings is 2. The molecule has 0 aliphatic carbocycles. The van der Waals surface area contributed by atoms with Crippen molar-refractivity contribution in [3.63, 3.8) is 0 Å². The number of nitrogens with one attached hydrogen (secondary N) is 3. The summed E-state index contributed by atoms with van der Waals surface area (Å²) in [7, 11) is 0. The molecule has 0 radical (unpaired) electrons. The second kappa shape index (κ2) is 9.88. The first kappa shape index (κ1) is 22.7. The normalized spacial score (nSPS) is 10.3. The van der Waals surface area contributed by atoms with Crippen LogP contribution >= 0.6 is 0 Å². The van der Waals surface area contributed by atoms with Crippen LogP contribution in [0.25, 0.3) is 5.69 Å². The summed E-state index contributed by atoms with van der Waals surface area (Å²) in [5.74, 6) is 0.252. The number of aryl methyl sites for hydroxylation is 1. The summed E-state index contributed by atoms with van der Waals surface area (Å²) >= 11 is 0. The topological polar surface area (TPSA) is 112 Å². The molecule has 0 unspecified atom stereocenters. The molecule has 5 N–H and O–H groups in total. The van der Waals surface area contributed by atoms with Crippen LogP contribution < -0.4 is 33.8 Å². The van der Waals surface area contributed by atoms with E-state index in [4.69, 9.17) is 5.73 Å². The van der Waals surface area contributed by atoms with Crippen molar-refractivity contribution in [2.45, 2.75) is 13.5 Å². The molecule has 0 spiro atoms. The van der Waals surface area contributed by atoms with E-state index in [1.165, 1.54) is 16.9 Å². The molecule has 10 heteroatoms. The number of nitrogens with zero attached hydrogens (tertiary/aromatic N) is 3. The number of hydrogen-bond donors (Lipinski definition) is 3. The van der Waals surface area contributed by atoms with Crippen molar-refractivity contribution in [2.75, 3.05) is 16.4 Å². The van der Waals surface area contributed by atoms with Crippen molar-refractivity contribution >= 4 is 23.2 Å². The maximum Gasteiger partial charge on any atom is 0.278 e. The van der Waals surface area contributed by atoms with Crippen molar-refractivity contribution < 1.29 is 26.6 Å². The monoisotopic (exact) mass is 453 g/mol. The summed E-state index contributed by atoms with van der Waals surface area (Å²) in [6, 6.07) is 19.0. The molecule has 0 fully saturated rings. The standard InChI is InChI=1S/C22H20FN7O.ClH/c1-14-20(29-30(28-14)17-5-3-2-4-6-17)22(31)26-18-11-12-19(27-21(18)24)25-13-15-7-9-16(23)10-8-15;/h2-12H,13H2,1H3,(H,26,31)(H3,24,25,27);1H. The van der Waals surface area contributed by atoms with Gasteiger partial charge in [0.15, 0.2) is 5.69 Å². The van der Waals surface area contributed by atoms with Crippen molar-refractivity contribution in [1.82, 2.24) is 15.0 Å². The fraction of sp³-hybridized carbons (Fsp3) is 0.0909. The Bertz CT molecular complexity index is 1210.